The molecular formula is C8H5N3O3S. The number of aromatic carboxylic acids is 1. The van der Waals surface area contributed by atoms with Crippen molar-refractivity contribution in [2.75, 3.05) is 0 Å². The van der Waals surface area contributed by atoms with Crippen molar-refractivity contribution in [1.82, 2.24) is 15.2 Å². The minimum Gasteiger partial charge on any atom is -0.478 e. The maximum absolute atomic E-state index is 10.8. The highest BCUT2D eigenvalue weighted by atomic mass is 32.1. The van der Waals surface area contributed by atoms with E-state index in [4.69, 9.17) is 9.84 Å². The molecular weight excluding hydrogens is 218 g/mol. The molecule has 0 aliphatic rings. The van der Waals surface area contributed by atoms with Crippen LogP contribution in [-0.2, 0) is 0 Å². The lowest BCUT2D eigenvalue weighted by molar-refractivity contribution is 0.0694. The molecule has 7 heteroatoms. The standard InChI is InChI=1S/C8H5N3O3S/c12-7(13)5-1-2-9-3-6(5)14-8-11-10-4-15-8/h1-4H,(H,12,13). The van der Waals surface area contributed by atoms with Crippen molar-refractivity contribution >= 4 is 17.3 Å². The first kappa shape index (κ1) is 9.53. The summed E-state index contributed by atoms with van der Waals surface area (Å²) < 4.78 is 5.21. The Morgan fingerprint density at radius 1 is 1.53 bits per heavy atom. The smallest absolute Gasteiger partial charge is 0.339 e. The monoisotopic (exact) mass is 223 g/mol. The van der Waals surface area contributed by atoms with E-state index in [2.05, 4.69) is 15.2 Å². The summed E-state index contributed by atoms with van der Waals surface area (Å²) >= 11 is 1.17. The molecule has 0 saturated carbocycles. The molecule has 0 spiro atoms. The number of rotatable bonds is 3. The summed E-state index contributed by atoms with van der Waals surface area (Å²) in [5, 5.41) is 16.3. The number of hydrogen-bond acceptors (Lipinski definition) is 6. The zero-order chi connectivity index (χ0) is 10.7. The van der Waals surface area contributed by atoms with Gasteiger partial charge in [0.2, 0.25) is 0 Å². The molecule has 0 aromatic carbocycles. The van der Waals surface area contributed by atoms with Gasteiger partial charge < -0.3 is 9.84 Å². The molecule has 0 saturated heterocycles. The van der Waals surface area contributed by atoms with Crippen molar-refractivity contribution < 1.29 is 14.6 Å². The van der Waals surface area contributed by atoms with Crippen LogP contribution in [0.2, 0.25) is 0 Å². The Balaban J connectivity index is 2.32. The van der Waals surface area contributed by atoms with Crippen molar-refractivity contribution in [3.05, 3.63) is 29.5 Å². The number of aromatic nitrogens is 3. The van der Waals surface area contributed by atoms with Crippen molar-refractivity contribution in [2.24, 2.45) is 0 Å². The van der Waals surface area contributed by atoms with Gasteiger partial charge >= 0.3 is 5.97 Å². The second-order valence-electron chi connectivity index (χ2n) is 2.48. The summed E-state index contributed by atoms with van der Waals surface area (Å²) in [6, 6.07) is 1.36. The number of carbonyl (C=O) groups is 1. The van der Waals surface area contributed by atoms with Crippen LogP contribution < -0.4 is 4.74 Å². The molecule has 2 rings (SSSR count). The summed E-state index contributed by atoms with van der Waals surface area (Å²) in [4.78, 5) is 14.6. The molecule has 2 heterocycles. The van der Waals surface area contributed by atoms with Crippen LogP contribution in [0.5, 0.6) is 10.9 Å². The SMILES string of the molecule is O=C(O)c1ccncc1Oc1nncs1. The van der Waals surface area contributed by atoms with Gasteiger partial charge in [-0.2, -0.15) is 0 Å². The lowest BCUT2D eigenvalue weighted by Crippen LogP contribution is -2.00. The van der Waals surface area contributed by atoms with Gasteiger partial charge in [0.15, 0.2) is 5.75 Å². The topological polar surface area (TPSA) is 85.2 Å². The fraction of sp³-hybridized carbons (Fsp3) is 0. The largest absolute Gasteiger partial charge is 0.478 e. The van der Waals surface area contributed by atoms with Gasteiger partial charge in [-0.1, -0.05) is 16.4 Å². The zero-order valence-electron chi connectivity index (χ0n) is 7.32. The Bertz CT molecular complexity index is 472. The Kier molecular flexibility index (Phi) is 2.55. The molecule has 1 N–H and O–H groups in total. The molecule has 15 heavy (non-hydrogen) atoms. The van der Waals surface area contributed by atoms with Crippen LogP contribution in [-0.4, -0.2) is 26.3 Å². The second-order valence-corrected chi connectivity index (χ2v) is 3.28. The molecule has 0 bridgehead atoms. The van der Waals surface area contributed by atoms with Crippen LogP contribution in [0.25, 0.3) is 0 Å². The molecule has 0 fully saturated rings. The summed E-state index contributed by atoms with van der Waals surface area (Å²) in [6.07, 6.45) is 2.71. The Hall–Kier alpha value is -2.02. The molecule has 0 atom stereocenters. The highest BCUT2D eigenvalue weighted by Gasteiger charge is 2.12. The third-order valence-electron chi connectivity index (χ3n) is 1.55. The van der Waals surface area contributed by atoms with Gasteiger partial charge in [0.25, 0.3) is 5.19 Å². The number of hydrogen-bond donors (Lipinski definition) is 1. The molecule has 0 amide bonds. The van der Waals surface area contributed by atoms with E-state index in [0.717, 1.165) is 0 Å². The van der Waals surface area contributed by atoms with Crippen LogP contribution >= 0.6 is 11.3 Å². The Morgan fingerprint density at radius 3 is 3.07 bits per heavy atom. The predicted octanol–water partition coefficient (Wildman–Crippen LogP) is 1.42. The molecule has 0 radical (unpaired) electrons. The van der Waals surface area contributed by atoms with Crippen LogP contribution in [0, 0.1) is 0 Å². The third kappa shape index (κ3) is 2.08. The van der Waals surface area contributed by atoms with Crippen molar-refractivity contribution in [3.63, 3.8) is 0 Å². The van der Waals surface area contributed by atoms with E-state index in [0.29, 0.717) is 0 Å². The molecule has 76 valence electrons. The minimum absolute atomic E-state index is 0.0419. The van der Waals surface area contributed by atoms with E-state index in [1.54, 1.807) is 0 Å². The molecule has 6 nitrogen and oxygen atoms in total. The lowest BCUT2D eigenvalue weighted by atomic mass is 10.2. The van der Waals surface area contributed by atoms with Crippen LogP contribution in [0.3, 0.4) is 0 Å². The first-order valence-corrected chi connectivity index (χ1v) is 4.76. The van der Waals surface area contributed by atoms with Gasteiger partial charge in [-0.15, -0.1) is 5.10 Å². The van der Waals surface area contributed by atoms with Gasteiger partial charge in [-0.05, 0) is 6.07 Å². The van der Waals surface area contributed by atoms with Crippen molar-refractivity contribution in [3.8, 4) is 10.9 Å². The fourth-order valence-corrected chi connectivity index (χ4v) is 1.36. The van der Waals surface area contributed by atoms with E-state index in [1.807, 2.05) is 0 Å². The number of ether oxygens (including phenoxy) is 1. The fourth-order valence-electron chi connectivity index (χ4n) is 0.939. The highest BCUT2D eigenvalue weighted by molar-refractivity contribution is 7.11. The summed E-state index contributed by atoms with van der Waals surface area (Å²) in [5.74, 6) is -0.918. The average Bonchev–Trinajstić information content (AvgIpc) is 2.71. The van der Waals surface area contributed by atoms with Crippen LogP contribution in [0.4, 0.5) is 0 Å². The number of carboxylic acid groups (broad SMARTS) is 1. The first-order valence-electron chi connectivity index (χ1n) is 3.88. The molecule has 0 unspecified atom stereocenters. The molecule has 0 aliphatic heterocycles. The van der Waals surface area contributed by atoms with Crippen LogP contribution in [0.15, 0.2) is 24.0 Å². The third-order valence-corrected chi connectivity index (χ3v) is 2.12. The van der Waals surface area contributed by atoms with Gasteiger partial charge in [0.05, 0.1) is 6.20 Å². The van der Waals surface area contributed by atoms with Crippen molar-refractivity contribution in [2.45, 2.75) is 0 Å². The van der Waals surface area contributed by atoms with E-state index in [1.165, 1.54) is 35.3 Å². The highest BCUT2D eigenvalue weighted by Crippen LogP contribution is 2.24. The number of carboxylic acids is 1. The molecule has 0 aliphatic carbocycles. The number of nitrogens with zero attached hydrogens (tertiary/aromatic N) is 3. The Labute approximate surface area is 88.2 Å². The van der Waals surface area contributed by atoms with Gasteiger partial charge in [0, 0.05) is 6.20 Å². The van der Waals surface area contributed by atoms with E-state index < -0.39 is 5.97 Å². The Morgan fingerprint density at radius 2 is 2.40 bits per heavy atom. The summed E-state index contributed by atoms with van der Waals surface area (Å²) in [7, 11) is 0. The molecule has 2 aromatic heterocycles. The van der Waals surface area contributed by atoms with Crippen molar-refractivity contribution in [1.29, 1.82) is 0 Å². The van der Waals surface area contributed by atoms with E-state index >= 15 is 0 Å². The zero-order valence-corrected chi connectivity index (χ0v) is 8.14. The van der Waals surface area contributed by atoms with E-state index in [9.17, 15) is 4.79 Å². The quantitative estimate of drug-likeness (QED) is 0.847. The average molecular weight is 223 g/mol. The van der Waals surface area contributed by atoms with Gasteiger partial charge in [0.1, 0.15) is 11.1 Å². The predicted molar refractivity (Wildman–Crippen MR) is 51.2 cm³/mol. The maximum Gasteiger partial charge on any atom is 0.339 e. The summed E-state index contributed by atoms with van der Waals surface area (Å²) in [6.45, 7) is 0. The second kappa shape index (κ2) is 4.01. The van der Waals surface area contributed by atoms with Crippen LogP contribution in [0.1, 0.15) is 10.4 Å². The first-order chi connectivity index (χ1) is 7.27. The van der Waals surface area contributed by atoms with Gasteiger partial charge in [-0.3, -0.25) is 4.98 Å². The minimum atomic E-state index is -1.07. The summed E-state index contributed by atoms with van der Waals surface area (Å²) in [5.41, 5.74) is 1.53. The molecule has 2 aromatic rings. The lowest BCUT2D eigenvalue weighted by Gasteiger charge is -2.03. The normalized spacial score (nSPS) is 9.87. The number of pyridine rings is 1. The van der Waals surface area contributed by atoms with E-state index in [-0.39, 0.29) is 16.5 Å². The maximum atomic E-state index is 10.8. The van der Waals surface area contributed by atoms with Gasteiger partial charge in [-0.25, -0.2) is 4.79 Å².